The maximum absolute atomic E-state index is 5.55. The smallest absolute Gasteiger partial charge is 0.264 e. The van der Waals surface area contributed by atoms with Gasteiger partial charge in [0.25, 0.3) is 5.89 Å². The van der Waals surface area contributed by atoms with Crippen LogP contribution in [0.25, 0.3) is 0 Å². The number of nitrogens with zero attached hydrogens (tertiary/aromatic N) is 3. The molecule has 0 atom stereocenters. The molecule has 0 radical (unpaired) electrons. The summed E-state index contributed by atoms with van der Waals surface area (Å²) in [5, 5.41) is 3.93. The molecule has 2 heterocycles. The number of nitrogens with two attached hydrogens (primary N) is 1. The first-order chi connectivity index (χ1) is 9.35. The first-order valence-electron chi connectivity index (χ1n) is 6.45. The summed E-state index contributed by atoms with van der Waals surface area (Å²) in [6, 6.07) is 3.78. The van der Waals surface area contributed by atoms with Crippen molar-refractivity contribution >= 4 is 0 Å². The van der Waals surface area contributed by atoms with Crippen LogP contribution < -0.4 is 10.5 Å². The van der Waals surface area contributed by atoms with Gasteiger partial charge in [-0.2, -0.15) is 4.98 Å². The van der Waals surface area contributed by atoms with Crippen LogP contribution in [0.4, 0.5) is 0 Å². The van der Waals surface area contributed by atoms with Crippen LogP contribution in [0.3, 0.4) is 0 Å². The van der Waals surface area contributed by atoms with E-state index in [1.165, 1.54) is 0 Å². The standard InChI is InChI=1S/C13H16N4O2/c14-6-5-10-3-4-11(7-15-10)18-8-12-16-13(17-19-12)9-1-2-9/h3-4,7,9H,1-2,5-6,8,14H2. The van der Waals surface area contributed by atoms with Crippen LogP contribution in [0, 0.1) is 0 Å². The van der Waals surface area contributed by atoms with E-state index >= 15 is 0 Å². The molecule has 19 heavy (non-hydrogen) atoms. The summed E-state index contributed by atoms with van der Waals surface area (Å²) in [6.07, 6.45) is 4.77. The molecule has 1 saturated carbocycles. The molecule has 2 N–H and O–H groups in total. The SMILES string of the molecule is NCCc1ccc(OCc2nc(C3CC3)no2)cn1. The summed E-state index contributed by atoms with van der Waals surface area (Å²) in [6.45, 7) is 0.872. The van der Waals surface area contributed by atoms with Crippen molar-refractivity contribution in [3.05, 3.63) is 35.7 Å². The van der Waals surface area contributed by atoms with Crippen LogP contribution in [-0.2, 0) is 13.0 Å². The fraction of sp³-hybridized carbons (Fsp3) is 0.462. The average molecular weight is 260 g/mol. The van der Waals surface area contributed by atoms with Crippen LogP contribution in [0.1, 0.15) is 36.2 Å². The van der Waals surface area contributed by atoms with Crippen molar-refractivity contribution in [3.63, 3.8) is 0 Å². The lowest BCUT2D eigenvalue weighted by Crippen LogP contribution is -2.04. The van der Waals surface area contributed by atoms with Gasteiger partial charge in [-0.1, -0.05) is 5.16 Å². The molecule has 2 aromatic rings. The van der Waals surface area contributed by atoms with E-state index in [1.54, 1.807) is 6.20 Å². The van der Waals surface area contributed by atoms with Gasteiger partial charge in [0, 0.05) is 18.0 Å². The predicted octanol–water partition coefficient (Wildman–Crippen LogP) is 1.42. The fourth-order valence-corrected chi connectivity index (χ4v) is 1.77. The Bertz CT molecular complexity index is 534. The highest BCUT2D eigenvalue weighted by atomic mass is 16.5. The lowest BCUT2D eigenvalue weighted by atomic mass is 10.3. The Morgan fingerprint density at radius 1 is 1.37 bits per heavy atom. The van der Waals surface area contributed by atoms with E-state index in [9.17, 15) is 0 Å². The third-order valence-electron chi connectivity index (χ3n) is 2.99. The van der Waals surface area contributed by atoms with Gasteiger partial charge < -0.3 is 15.0 Å². The lowest BCUT2D eigenvalue weighted by Gasteiger charge is -2.03. The van der Waals surface area contributed by atoms with E-state index in [1.807, 2.05) is 12.1 Å². The fourth-order valence-electron chi connectivity index (χ4n) is 1.77. The number of ether oxygens (including phenoxy) is 1. The zero-order valence-corrected chi connectivity index (χ0v) is 10.6. The molecular formula is C13H16N4O2. The number of hydrogen-bond acceptors (Lipinski definition) is 6. The van der Waals surface area contributed by atoms with E-state index in [2.05, 4.69) is 15.1 Å². The molecule has 3 rings (SSSR count). The number of aromatic nitrogens is 3. The van der Waals surface area contributed by atoms with E-state index < -0.39 is 0 Å². The maximum atomic E-state index is 5.55. The molecule has 2 aromatic heterocycles. The topological polar surface area (TPSA) is 87.1 Å². The van der Waals surface area contributed by atoms with Gasteiger partial charge in [-0.25, -0.2) is 0 Å². The molecule has 0 aliphatic heterocycles. The van der Waals surface area contributed by atoms with Crippen molar-refractivity contribution in [2.75, 3.05) is 6.54 Å². The number of hydrogen-bond donors (Lipinski definition) is 1. The Labute approximate surface area is 111 Å². The van der Waals surface area contributed by atoms with Crippen LogP contribution in [-0.4, -0.2) is 21.7 Å². The Balaban J connectivity index is 1.55. The third-order valence-corrected chi connectivity index (χ3v) is 2.99. The summed E-state index contributed by atoms with van der Waals surface area (Å²) >= 11 is 0. The Hall–Kier alpha value is -1.95. The molecule has 100 valence electrons. The molecule has 0 aromatic carbocycles. The molecule has 6 heteroatoms. The van der Waals surface area contributed by atoms with Gasteiger partial charge in [-0.3, -0.25) is 4.98 Å². The first-order valence-corrected chi connectivity index (χ1v) is 6.45. The van der Waals surface area contributed by atoms with Gasteiger partial charge >= 0.3 is 0 Å². The summed E-state index contributed by atoms with van der Waals surface area (Å²) in [5.41, 5.74) is 6.43. The summed E-state index contributed by atoms with van der Waals surface area (Å²) in [4.78, 5) is 8.55. The zero-order valence-electron chi connectivity index (χ0n) is 10.6. The number of rotatable bonds is 6. The van der Waals surface area contributed by atoms with E-state index in [4.69, 9.17) is 15.0 Å². The quantitative estimate of drug-likeness (QED) is 0.845. The third kappa shape index (κ3) is 3.08. The van der Waals surface area contributed by atoms with Crippen LogP contribution in [0.2, 0.25) is 0 Å². The predicted molar refractivity (Wildman–Crippen MR) is 67.6 cm³/mol. The van der Waals surface area contributed by atoms with E-state index in [0.717, 1.165) is 30.8 Å². The molecule has 1 aliphatic carbocycles. The molecule has 0 unspecified atom stereocenters. The van der Waals surface area contributed by atoms with Crippen molar-refractivity contribution in [2.45, 2.75) is 31.8 Å². The highest BCUT2D eigenvalue weighted by molar-refractivity contribution is 5.20. The van der Waals surface area contributed by atoms with Crippen molar-refractivity contribution in [3.8, 4) is 5.75 Å². The second-order valence-electron chi connectivity index (χ2n) is 4.63. The summed E-state index contributed by atoms with van der Waals surface area (Å²) in [5.74, 6) is 2.49. The average Bonchev–Trinajstić information content (AvgIpc) is 3.18. The van der Waals surface area contributed by atoms with Gasteiger partial charge in [0.2, 0.25) is 0 Å². The Morgan fingerprint density at radius 2 is 2.26 bits per heavy atom. The Kier molecular flexibility index (Phi) is 3.41. The minimum atomic E-state index is 0.275. The van der Waals surface area contributed by atoms with Crippen LogP contribution in [0.5, 0.6) is 5.75 Å². The van der Waals surface area contributed by atoms with Crippen LogP contribution in [0.15, 0.2) is 22.9 Å². The van der Waals surface area contributed by atoms with Gasteiger partial charge in [0.1, 0.15) is 5.75 Å². The minimum absolute atomic E-state index is 0.275. The number of pyridine rings is 1. The second-order valence-corrected chi connectivity index (χ2v) is 4.63. The molecule has 0 spiro atoms. The monoisotopic (exact) mass is 260 g/mol. The van der Waals surface area contributed by atoms with Crippen molar-refractivity contribution in [2.24, 2.45) is 5.73 Å². The van der Waals surface area contributed by atoms with Crippen LogP contribution >= 0.6 is 0 Å². The highest BCUT2D eigenvalue weighted by Gasteiger charge is 2.28. The first kappa shape index (κ1) is 12.1. The zero-order chi connectivity index (χ0) is 13.1. The molecule has 6 nitrogen and oxygen atoms in total. The highest BCUT2D eigenvalue weighted by Crippen LogP contribution is 2.38. The van der Waals surface area contributed by atoms with Gasteiger partial charge in [-0.15, -0.1) is 0 Å². The van der Waals surface area contributed by atoms with Gasteiger partial charge in [0.15, 0.2) is 12.4 Å². The van der Waals surface area contributed by atoms with Crippen molar-refractivity contribution < 1.29 is 9.26 Å². The van der Waals surface area contributed by atoms with Gasteiger partial charge in [-0.05, 0) is 31.5 Å². The summed E-state index contributed by atoms with van der Waals surface area (Å²) in [7, 11) is 0. The van der Waals surface area contributed by atoms with Crippen molar-refractivity contribution in [1.29, 1.82) is 0 Å². The Morgan fingerprint density at radius 3 is 2.95 bits per heavy atom. The molecule has 0 saturated heterocycles. The molecule has 0 amide bonds. The molecular weight excluding hydrogens is 244 g/mol. The van der Waals surface area contributed by atoms with E-state index in [0.29, 0.717) is 24.1 Å². The molecule has 1 fully saturated rings. The minimum Gasteiger partial charge on any atom is -0.482 e. The van der Waals surface area contributed by atoms with E-state index in [-0.39, 0.29) is 6.61 Å². The molecule has 0 bridgehead atoms. The molecule has 1 aliphatic rings. The maximum Gasteiger partial charge on any atom is 0.264 e. The lowest BCUT2D eigenvalue weighted by molar-refractivity contribution is 0.241. The van der Waals surface area contributed by atoms with Crippen molar-refractivity contribution in [1.82, 2.24) is 15.1 Å². The normalized spacial score (nSPS) is 14.6. The largest absolute Gasteiger partial charge is 0.482 e. The second kappa shape index (κ2) is 5.36. The van der Waals surface area contributed by atoms with Gasteiger partial charge in [0.05, 0.1) is 6.20 Å². The summed E-state index contributed by atoms with van der Waals surface area (Å²) < 4.78 is 10.7.